The SMILES string of the molecule is COCCN(Cc1nc2ccccc2c(=O)[nH]1)C(=O)CCCSc1nc2ccccc2s1. The van der Waals surface area contributed by atoms with E-state index in [1.54, 1.807) is 53.3 Å². The summed E-state index contributed by atoms with van der Waals surface area (Å²) in [5, 5.41) is 0.540. The number of aromatic amines is 1. The minimum atomic E-state index is -0.197. The average molecular weight is 469 g/mol. The summed E-state index contributed by atoms with van der Waals surface area (Å²) in [6.45, 7) is 1.11. The Morgan fingerprint density at radius 2 is 1.91 bits per heavy atom. The average Bonchev–Trinajstić information content (AvgIpc) is 3.22. The van der Waals surface area contributed by atoms with Crippen LogP contribution < -0.4 is 5.56 Å². The van der Waals surface area contributed by atoms with Gasteiger partial charge in [0.2, 0.25) is 5.91 Å². The van der Waals surface area contributed by atoms with Crippen LogP contribution in [-0.2, 0) is 16.1 Å². The third kappa shape index (κ3) is 5.53. The van der Waals surface area contributed by atoms with Gasteiger partial charge in [0.25, 0.3) is 5.56 Å². The highest BCUT2D eigenvalue weighted by Crippen LogP contribution is 2.29. The number of amides is 1. The number of rotatable bonds is 10. The minimum absolute atomic E-state index is 0.0164. The molecule has 0 saturated carbocycles. The summed E-state index contributed by atoms with van der Waals surface area (Å²) in [6, 6.07) is 15.3. The largest absolute Gasteiger partial charge is 0.383 e. The lowest BCUT2D eigenvalue weighted by atomic mass is 10.2. The zero-order chi connectivity index (χ0) is 22.3. The third-order valence-electron chi connectivity index (χ3n) is 4.96. The van der Waals surface area contributed by atoms with Gasteiger partial charge >= 0.3 is 0 Å². The van der Waals surface area contributed by atoms with Gasteiger partial charge in [0.15, 0.2) is 4.34 Å². The van der Waals surface area contributed by atoms with Gasteiger partial charge in [0, 0.05) is 25.8 Å². The Labute approximate surface area is 193 Å². The van der Waals surface area contributed by atoms with Gasteiger partial charge in [-0.3, -0.25) is 9.59 Å². The van der Waals surface area contributed by atoms with Crippen molar-refractivity contribution >= 4 is 50.1 Å². The number of fused-ring (bicyclic) bond motifs is 2. The maximum Gasteiger partial charge on any atom is 0.258 e. The highest BCUT2D eigenvalue weighted by molar-refractivity contribution is 8.01. The van der Waals surface area contributed by atoms with Crippen molar-refractivity contribution in [1.82, 2.24) is 19.9 Å². The fourth-order valence-electron chi connectivity index (χ4n) is 3.34. The Bertz CT molecular complexity index is 1240. The lowest BCUT2D eigenvalue weighted by Crippen LogP contribution is -2.34. The highest BCUT2D eigenvalue weighted by atomic mass is 32.2. The normalized spacial score (nSPS) is 11.3. The predicted octanol–water partition coefficient (Wildman–Crippen LogP) is 4.08. The molecule has 2 aromatic carbocycles. The lowest BCUT2D eigenvalue weighted by molar-refractivity contribution is -0.132. The second-order valence-electron chi connectivity index (χ2n) is 7.24. The van der Waals surface area contributed by atoms with E-state index in [0.717, 1.165) is 22.0 Å². The molecule has 0 atom stereocenters. The first kappa shape index (κ1) is 22.4. The first-order valence-electron chi connectivity index (χ1n) is 10.4. The van der Waals surface area contributed by atoms with Crippen LogP contribution in [0.25, 0.3) is 21.1 Å². The molecule has 0 fully saturated rings. The van der Waals surface area contributed by atoms with E-state index in [0.29, 0.717) is 36.3 Å². The Morgan fingerprint density at radius 3 is 2.72 bits per heavy atom. The molecule has 7 nitrogen and oxygen atoms in total. The number of thiazole rings is 1. The first-order valence-corrected chi connectivity index (χ1v) is 12.2. The number of benzene rings is 2. The van der Waals surface area contributed by atoms with Gasteiger partial charge in [0.1, 0.15) is 5.82 Å². The van der Waals surface area contributed by atoms with Crippen LogP contribution in [0.5, 0.6) is 0 Å². The van der Waals surface area contributed by atoms with Crippen molar-refractivity contribution in [3.63, 3.8) is 0 Å². The second kappa shape index (κ2) is 10.7. The van der Waals surface area contributed by atoms with E-state index in [4.69, 9.17) is 4.74 Å². The topological polar surface area (TPSA) is 88.2 Å². The van der Waals surface area contributed by atoms with Crippen molar-refractivity contribution in [1.29, 1.82) is 0 Å². The van der Waals surface area contributed by atoms with Crippen molar-refractivity contribution in [2.45, 2.75) is 23.7 Å². The van der Waals surface area contributed by atoms with Crippen LogP contribution in [0.3, 0.4) is 0 Å². The first-order chi connectivity index (χ1) is 15.6. The molecule has 0 radical (unpaired) electrons. The van der Waals surface area contributed by atoms with Crippen molar-refractivity contribution < 1.29 is 9.53 Å². The molecule has 0 spiro atoms. The van der Waals surface area contributed by atoms with Crippen molar-refractivity contribution in [2.24, 2.45) is 0 Å². The number of nitrogens with zero attached hydrogens (tertiary/aromatic N) is 3. The standard InChI is InChI=1S/C23H24N4O3S2/c1-30-13-12-27(15-20-24-17-8-3-2-7-16(17)22(29)26-20)21(28)11-6-14-31-23-25-18-9-4-5-10-19(18)32-23/h2-5,7-10H,6,11-15H2,1H3,(H,24,26,29). The van der Waals surface area contributed by atoms with E-state index in [9.17, 15) is 9.59 Å². The fraction of sp³-hybridized carbons (Fsp3) is 0.304. The van der Waals surface area contributed by atoms with Gasteiger partial charge in [0.05, 0.1) is 34.3 Å². The minimum Gasteiger partial charge on any atom is -0.383 e. The molecule has 32 heavy (non-hydrogen) atoms. The number of thioether (sulfide) groups is 1. The van der Waals surface area contributed by atoms with Gasteiger partial charge in [-0.15, -0.1) is 11.3 Å². The van der Waals surface area contributed by atoms with Gasteiger partial charge in [-0.25, -0.2) is 9.97 Å². The number of methoxy groups -OCH3 is 1. The third-order valence-corrected chi connectivity index (χ3v) is 7.22. The van der Waals surface area contributed by atoms with Crippen molar-refractivity contribution in [2.75, 3.05) is 26.0 Å². The molecule has 0 aliphatic carbocycles. The summed E-state index contributed by atoms with van der Waals surface area (Å²) in [7, 11) is 1.60. The molecular formula is C23H24N4O3S2. The quantitative estimate of drug-likeness (QED) is 0.279. The molecule has 9 heteroatoms. The molecule has 166 valence electrons. The maximum absolute atomic E-state index is 12.9. The summed E-state index contributed by atoms with van der Waals surface area (Å²) >= 11 is 3.35. The second-order valence-corrected chi connectivity index (χ2v) is 9.61. The molecule has 1 N–H and O–H groups in total. The Kier molecular flexibility index (Phi) is 7.51. The Balaban J connectivity index is 1.35. The Hall–Kier alpha value is -2.75. The molecule has 0 aliphatic rings. The number of carbonyl (C=O) groups excluding carboxylic acids is 1. The zero-order valence-electron chi connectivity index (χ0n) is 17.7. The molecule has 0 bridgehead atoms. The van der Waals surface area contributed by atoms with Crippen LogP contribution in [0, 0.1) is 0 Å². The number of nitrogens with one attached hydrogen (secondary N) is 1. The number of hydrogen-bond donors (Lipinski definition) is 1. The van der Waals surface area contributed by atoms with Crippen molar-refractivity contribution in [3.8, 4) is 0 Å². The summed E-state index contributed by atoms with van der Waals surface area (Å²) in [4.78, 5) is 38.9. The predicted molar refractivity (Wildman–Crippen MR) is 129 cm³/mol. The molecule has 0 saturated heterocycles. The summed E-state index contributed by atoms with van der Waals surface area (Å²) in [5.74, 6) is 1.30. The zero-order valence-corrected chi connectivity index (χ0v) is 19.4. The summed E-state index contributed by atoms with van der Waals surface area (Å²) in [6.07, 6.45) is 1.16. The molecule has 2 aromatic heterocycles. The van der Waals surface area contributed by atoms with E-state index >= 15 is 0 Å². The summed E-state index contributed by atoms with van der Waals surface area (Å²) in [5.41, 5.74) is 1.44. The maximum atomic E-state index is 12.9. The molecule has 4 aromatic rings. The van der Waals surface area contributed by atoms with Crippen LogP contribution in [0.15, 0.2) is 57.7 Å². The summed E-state index contributed by atoms with van der Waals surface area (Å²) < 4.78 is 7.37. The monoisotopic (exact) mass is 468 g/mol. The van der Waals surface area contributed by atoms with E-state index in [1.165, 1.54) is 4.70 Å². The number of ether oxygens (including phenoxy) is 1. The van der Waals surface area contributed by atoms with E-state index in [1.807, 2.05) is 24.3 Å². The van der Waals surface area contributed by atoms with Gasteiger partial charge in [-0.1, -0.05) is 36.0 Å². The molecule has 0 aliphatic heterocycles. The number of aromatic nitrogens is 3. The van der Waals surface area contributed by atoms with Crippen molar-refractivity contribution in [3.05, 3.63) is 64.7 Å². The van der Waals surface area contributed by atoms with Gasteiger partial charge < -0.3 is 14.6 Å². The number of hydrogen-bond acceptors (Lipinski definition) is 7. The van der Waals surface area contributed by atoms with Crippen LogP contribution in [-0.4, -0.2) is 51.8 Å². The fourth-order valence-corrected chi connectivity index (χ4v) is 5.42. The molecular weight excluding hydrogens is 444 g/mol. The Morgan fingerprint density at radius 1 is 1.12 bits per heavy atom. The number of para-hydroxylation sites is 2. The van der Waals surface area contributed by atoms with Crippen LogP contribution >= 0.6 is 23.1 Å². The molecule has 1 amide bonds. The smallest absolute Gasteiger partial charge is 0.258 e. The van der Waals surface area contributed by atoms with Crippen LogP contribution in [0.1, 0.15) is 18.7 Å². The van der Waals surface area contributed by atoms with E-state index in [2.05, 4.69) is 21.0 Å². The molecule has 0 unspecified atom stereocenters. The van der Waals surface area contributed by atoms with E-state index in [-0.39, 0.29) is 18.0 Å². The van der Waals surface area contributed by atoms with Gasteiger partial charge in [-0.2, -0.15) is 0 Å². The number of H-pyrrole nitrogens is 1. The molecule has 2 heterocycles. The van der Waals surface area contributed by atoms with Crippen LogP contribution in [0.2, 0.25) is 0 Å². The lowest BCUT2D eigenvalue weighted by Gasteiger charge is -2.22. The van der Waals surface area contributed by atoms with E-state index < -0.39 is 0 Å². The van der Waals surface area contributed by atoms with Crippen LogP contribution in [0.4, 0.5) is 0 Å². The number of carbonyl (C=O) groups is 1. The highest BCUT2D eigenvalue weighted by Gasteiger charge is 2.16. The van der Waals surface area contributed by atoms with Gasteiger partial charge in [-0.05, 0) is 30.7 Å². The molecule has 4 rings (SSSR count).